The maximum atomic E-state index is 13.1. The average Bonchev–Trinajstić information content (AvgIpc) is 3.19. The second kappa shape index (κ2) is 6.05. The Labute approximate surface area is 164 Å². The number of carbonyl (C=O) groups is 1. The first-order valence-corrected chi connectivity index (χ1v) is 10.5. The molecule has 5 heteroatoms. The topological polar surface area (TPSA) is 54.3 Å². The second-order valence-corrected chi connectivity index (χ2v) is 9.04. The van der Waals surface area contributed by atoms with Gasteiger partial charge in [-0.25, -0.2) is 0 Å². The Kier molecular flexibility index (Phi) is 3.57. The van der Waals surface area contributed by atoms with E-state index >= 15 is 0 Å². The van der Waals surface area contributed by atoms with Crippen LogP contribution in [0.1, 0.15) is 18.0 Å². The van der Waals surface area contributed by atoms with Crippen LogP contribution in [0.25, 0.3) is 11.1 Å². The second-order valence-electron chi connectivity index (χ2n) is 9.04. The van der Waals surface area contributed by atoms with Crippen LogP contribution in [0.4, 0.5) is 0 Å². The van der Waals surface area contributed by atoms with Gasteiger partial charge < -0.3 is 14.8 Å². The zero-order valence-electron chi connectivity index (χ0n) is 15.9. The Bertz CT molecular complexity index is 989. The van der Waals surface area contributed by atoms with Crippen molar-refractivity contribution < 1.29 is 4.79 Å². The van der Waals surface area contributed by atoms with Crippen LogP contribution < -0.4 is 10.9 Å². The van der Waals surface area contributed by atoms with Gasteiger partial charge in [0.15, 0.2) is 0 Å². The van der Waals surface area contributed by atoms with Crippen molar-refractivity contribution in [3.63, 3.8) is 0 Å². The monoisotopic (exact) mass is 375 g/mol. The summed E-state index contributed by atoms with van der Waals surface area (Å²) in [7, 11) is 0. The van der Waals surface area contributed by atoms with Gasteiger partial charge in [-0.15, -0.1) is 0 Å². The summed E-state index contributed by atoms with van der Waals surface area (Å²) in [6, 6.07) is 14.0. The number of benzene rings is 1. The van der Waals surface area contributed by atoms with Crippen LogP contribution in [0.5, 0.6) is 0 Å². The lowest BCUT2D eigenvalue weighted by Gasteiger charge is -2.43. The van der Waals surface area contributed by atoms with Gasteiger partial charge in [0.25, 0.3) is 5.56 Å². The van der Waals surface area contributed by atoms with Gasteiger partial charge in [-0.1, -0.05) is 30.3 Å². The SMILES string of the molecule is O=C(C1[C@H]2CNC[C@@H]12)N1C[C@@H]2C[C@H](C1)c1cc(-c3ccccc3)cc(=O)n1C2. The number of amides is 1. The van der Waals surface area contributed by atoms with E-state index in [0.717, 1.165) is 56.0 Å². The van der Waals surface area contributed by atoms with E-state index in [9.17, 15) is 9.59 Å². The number of hydrogen-bond acceptors (Lipinski definition) is 3. The Morgan fingerprint density at radius 3 is 2.54 bits per heavy atom. The van der Waals surface area contributed by atoms with E-state index in [1.807, 2.05) is 34.9 Å². The maximum Gasteiger partial charge on any atom is 0.251 e. The lowest BCUT2D eigenvalue weighted by Crippen LogP contribution is -2.50. The number of pyridine rings is 1. The first kappa shape index (κ1) is 16.5. The van der Waals surface area contributed by atoms with Crippen molar-refractivity contribution in [1.29, 1.82) is 0 Å². The molecule has 5 nitrogen and oxygen atoms in total. The van der Waals surface area contributed by atoms with Crippen LogP contribution >= 0.6 is 0 Å². The van der Waals surface area contributed by atoms with Crippen molar-refractivity contribution in [3.8, 4) is 11.1 Å². The molecule has 5 atom stereocenters. The number of likely N-dealkylation sites (tertiary alicyclic amines) is 1. The lowest BCUT2D eigenvalue weighted by molar-refractivity contribution is -0.136. The molecule has 3 fully saturated rings. The van der Waals surface area contributed by atoms with Crippen LogP contribution in [0.3, 0.4) is 0 Å². The highest BCUT2D eigenvalue weighted by Crippen LogP contribution is 2.50. The molecule has 2 aromatic rings. The smallest absolute Gasteiger partial charge is 0.251 e. The Morgan fingerprint density at radius 2 is 1.75 bits per heavy atom. The summed E-state index contributed by atoms with van der Waals surface area (Å²) in [4.78, 5) is 28.0. The van der Waals surface area contributed by atoms with E-state index in [-0.39, 0.29) is 17.4 Å². The average molecular weight is 375 g/mol. The summed E-state index contributed by atoms with van der Waals surface area (Å²) in [5.74, 6) is 2.40. The summed E-state index contributed by atoms with van der Waals surface area (Å²) in [5.41, 5.74) is 3.26. The number of carbonyl (C=O) groups excluding carboxylic acids is 1. The third kappa shape index (κ3) is 2.49. The molecule has 1 N–H and O–H groups in total. The van der Waals surface area contributed by atoms with E-state index in [0.29, 0.717) is 23.7 Å². The molecule has 0 radical (unpaired) electrons. The highest BCUT2D eigenvalue weighted by atomic mass is 16.2. The first-order chi connectivity index (χ1) is 13.7. The molecule has 1 saturated carbocycles. The van der Waals surface area contributed by atoms with Crippen LogP contribution in [0, 0.1) is 23.7 Å². The van der Waals surface area contributed by atoms with E-state index in [1.165, 1.54) is 0 Å². The largest absolute Gasteiger partial charge is 0.341 e. The van der Waals surface area contributed by atoms with Crippen LogP contribution in [0.15, 0.2) is 47.3 Å². The number of nitrogens with one attached hydrogen (secondary N) is 1. The number of rotatable bonds is 2. The molecule has 1 aromatic carbocycles. The summed E-state index contributed by atoms with van der Waals surface area (Å²) < 4.78 is 1.96. The third-order valence-corrected chi connectivity index (χ3v) is 7.35. The van der Waals surface area contributed by atoms with E-state index < -0.39 is 0 Å². The first-order valence-electron chi connectivity index (χ1n) is 10.5. The van der Waals surface area contributed by atoms with E-state index in [4.69, 9.17) is 0 Å². The fourth-order valence-corrected chi connectivity index (χ4v) is 5.93. The molecule has 3 aliphatic heterocycles. The Hall–Kier alpha value is -2.40. The van der Waals surface area contributed by atoms with Crippen LogP contribution in [-0.2, 0) is 11.3 Å². The fourth-order valence-electron chi connectivity index (χ4n) is 5.93. The van der Waals surface area contributed by atoms with Crippen molar-refractivity contribution >= 4 is 5.91 Å². The minimum atomic E-state index is 0.0913. The van der Waals surface area contributed by atoms with Gasteiger partial charge in [0.1, 0.15) is 0 Å². The Morgan fingerprint density at radius 1 is 0.964 bits per heavy atom. The fraction of sp³-hybridized carbons (Fsp3) is 0.478. The zero-order chi connectivity index (χ0) is 18.8. The molecule has 28 heavy (non-hydrogen) atoms. The van der Waals surface area contributed by atoms with Gasteiger partial charge in [0.2, 0.25) is 5.91 Å². The van der Waals surface area contributed by atoms with Crippen molar-refractivity contribution in [2.45, 2.75) is 18.9 Å². The predicted octanol–water partition coefficient (Wildman–Crippen LogP) is 1.93. The number of aromatic nitrogens is 1. The molecule has 4 heterocycles. The molecule has 1 unspecified atom stereocenters. The third-order valence-electron chi connectivity index (χ3n) is 7.35. The molecule has 1 aromatic heterocycles. The van der Waals surface area contributed by atoms with Gasteiger partial charge >= 0.3 is 0 Å². The quantitative estimate of drug-likeness (QED) is 0.873. The van der Waals surface area contributed by atoms with Gasteiger partial charge in [-0.05, 0) is 54.5 Å². The summed E-state index contributed by atoms with van der Waals surface area (Å²) in [5, 5.41) is 3.38. The van der Waals surface area contributed by atoms with E-state index in [2.05, 4.69) is 16.3 Å². The van der Waals surface area contributed by atoms with Gasteiger partial charge in [-0.3, -0.25) is 9.59 Å². The number of fused-ring (bicyclic) bond motifs is 5. The summed E-state index contributed by atoms with van der Waals surface area (Å²) in [6.45, 7) is 4.31. The number of nitrogens with zero attached hydrogens (tertiary/aromatic N) is 2. The van der Waals surface area contributed by atoms with Crippen molar-refractivity contribution in [2.24, 2.45) is 23.7 Å². The minimum Gasteiger partial charge on any atom is -0.341 e. The van der Waals surface area contributed by atoms with Crippen molar-refractivity contribution in [3.05, 3.63) is 58.5 Å². The minimum absolute atomic E-state index is 0.0913. The molecule has 1 aliphatic carbocycles. The van der Waals surface area contributed by atoms with Gasteiger partial charge in [0, 0.05) is 43.2 Å². The molecule has 0 spiro atoms. The number of piperidine rings is 2. The lowest BCUT2D eigenvalue weighted by atomic mass is 9.82. The molecular weight excluding hydrogens is 350 g/mol. The zero-order valence-corrected chi connectivity index (χ0v) is 15.9. The summed E-state index contributed by atoms with van der Waals surface area (Å²) >= 11 is 0. The van der Waals surface area contributed by atoms with Gasteiger partial charge in [-0.2, -0.15) is 0 Å². The molecule has 4 aliphatic rings. The molecule has 2 saturated heterocycles. The number of hydrogen-bond donors (Lipinski definition) is 1. The highest BCUT2D eigenvalue weighted by Gasteiger charge is 2.58. The van der Waals surface area contributed by atoms with Gasteiger partial charge in [0.05, 0.1) is 0 Å². The highest BCUT2D eigenvalue weighted by molar-refractivity contribution is 5.83. The summed E-state index contributed by atoms with van der Waals surface area (Å²) in [6.07, 6.45) is 1.08. The van der Waals surface area contributed by atoms with E-state index in [1.54, 1.807) is 6.07 Å². The maximum absolute atomic E-state index is 13.1. The molecule has 144 valence electrons. The van der Waals surface area contributed by atoms with Crippen LogP contribution in [0.2, 0.25) is 0 Å². The van der Waals surface area contributed by atoms with Crippen molar-refractivity contribution in [1.82, 2.24) is 14.8 Å². The molecule has 6 rings (SSSR count). The standard InChI is InChI=1S/C23H25N3O2/c27-21-8-16(15-4-2-1-3-5-15)7-20-17-6-14(12-26(20)21)11-25(13-17)23(28)22-18-9-24-10-19(18)22/h1-5,7-8,14,17-19,22,24H,6,9-13H2/t14-,17+,18-,19+,22?/m0/s1. The molecule has 1 amide bonds. The Balaban J connectivity index is 1.31. The normalized spacial score (nSPS) is 32.6. The molecule has 2 bridgehead atoms. The molecular formula is C23H25N3O2. The van der Waals surface area contributed by atoms with Crippen molar-refractivity contribution in [2.75, 3.05) is 26.2 Å². The van der Waals surface area contributed by atoms with Crippen LogP contribution in [-0.4, -0.2) is 41.6 Å². The predicted molar refractivity (Wildman–Crippen MR) is 107 cm³/mol.